The molecule has 0 aliphatic heterocycles. The minimum Gasteiger partial charge on any atom is -0.337 e. The van der Waals surface area contributed by atoms with E-state index in [-0.39, 0.29) is 34.3 Å². The number of halogens is 5. The lowest BCUT2D eigenvalue weighted by molar-refractivity contribution is -0.140. The monoisotopic (exact) mass is 515 g/mol. The number of alkyl halides is 3. The summed E-state index contributed by atoms with van der Waals surface area (Å²) in [5.74, 6) is -2.74. The summed E-state index contributed by atoms with van der Waals surface area (Å²) in [5, 5.41) is 12.2. The molecule has 190 valence electrons. The molecular weight excluding hydrogens is 497 g/mol. The summed E-state index contributed by atoms with van der Waals surface area (Å²) < 4.78 is 69.6. The van der Waals surface area contributed by atoms with Gasteiger partial charge in [-0.3, -0.25) is 9.48 Å². The van der Waals surface area contributed by atoms with Crippen LogP contribution in [0, 0.1) is 11.6 Å². The maximum atomic E-state index is 14.7. The van der Waals surface area contributed by atoms with E-state index in [1.165, 1.54) is 29.2 Å². The summed E-state index contributed by atoms with van der Waals surface area (Å²) in [6.07, 6.45) is 0.547. The van der Waals surface area contributed by atoms with Crippen LogP contribution in [-0.4, -0.2) is 25.7 Å². The van der Waals surface area contributed by atoms with E-state index >= 15 is 0 Å². The number of aryl methyl sites for hydroxylation is 1. The van der Waals surface area contributed by atoms with Crippen molar-refractivity contribution in [2.45, 2.75) is 6.18 Å². The van der Waals surface area contributed by atoms with Crippen LogP contribution in [-0.2, 0) is 18.0 Å². The Bertz CT molecular complexity index is 1480. The van der Waals surface area contributed by atoms with Gasteiger partial charge in [-0.2, -0.15) is 23.3 Å². The molecule has 2 aromatic heterocycles. The molecule has 3 N–H and O–H groups in total. The Morgan fingerprint density at radius 2 is 1.81 bits per heavy atom. The molecule has 37 heavy (non-hydrogen) atoms. The molecule has 0 unspecified atom stereocenters. The predicted octanol–water partition coefficient (Wildman–Crippen LogP) is 5.79. The molecular formula is C24H18F5N7O. The van der Waals surface area contributed by atoms with Gasteiger partial charge in [-0.15, -0.1) is 0 Å². The normalized spacial score (nSPS) is 11.2. The topological polar surface area (TPSA) is 96.8 Å². The van der Waals surface area contributed by atoms with E-state index in [4.69, 9.17) is 0 Å². The summed E-state index contributed by atoms with van der Waals surface area (Å²) in [5.41, 5.74) is -0.692. The molecule has 8 nitrogen and oxygen atoms in total. The molecule has 0 atom stereocenters. The maximum Gasteiger partial charge on any atom is 0.419 e. The number of rotatable bonds is 7. The van der Waals surface area contributed by atoms with Gasteiger partial charge in [0, 0.05) is 30.7 Å². The number of nitrogens with zero attached hydrogens (tertiary/aromatic N) is 4. The fraction of sp³-hybridized carbons (Fsp3) is 0.0833. The molecule has 4 aromatic rings. The van der Waals surface area contributed by atoms with Crippen LogP contribution in [0.5, 0.6) is 0 Å². The van der Waals surface area contributed by atoms with Gasteiger partial charge in [0.2, 0.25) is 11.9 Å². The molecule has 0 fully saturated rings. The zero-order valence-corrected chi connectivity index (χ0v) is 19.1. The minimum atomic E-state index is -4.88. The average molecular weight is 515 g/mol. The number of amides is 1. The second kappa shape index (κ2) is 10.0. The van der Waals surface area contributed by atoms with Gasteiger partial charge in [-0.25, -0.2) is 13.8 Å². The van der Waals surface area contributed by atoms with E-state index in [0.29, 0.717) is 17.8 Å². The van der Waals surface area contributed by atoms with Crippen LogP contribution >= 0.6 is 0 Å². The summed E-state index contributed by atoms with van der Waals surface area (Å²) in [6.45, 7) is 3.35. The Morgan fingerprint density at radius 1 is 1.03 bits per heavy atom. The van der Waals surface area contributed by atoms with Crippen molar-refractivity contribution >= 4 is 34.7 Å². The molecule has 0 saturated carbocycles. The standard InChI is InChI=1S/C24H18F5N7O/c1-3-21(37)32-14-5-7-18(25)20(9-14)34-22-16(13-4-6-17(19(26)8-13)24(27,28)29)11-30-23(35-22)33-15-10-31-36(2)12-15/h3-12H,1H2,2H3,(H,32,37)(H2,30,33,34,35). The van der Waals surface area contributed by atoms with Crippen LogP contribution in [0.25, 0.3) is 11.1 Å². The van der Waals surface area contributed by atoms with Gasteiger partial charge in [0.25, 0.3) is 0 Å². The SMILES string of the molecule is C=CC(=O)Nc1ccc(F)c(Nc2nc(Nc3cnn(C)c3)ncc2-c2ccc(C(F)(F)F)c(F)c2)c1. The Labute approximate surface area is 206 Å². The third-order valence-electron chi connectivity index (χ3n) is 5.01. The van der Waals surface area contributed by atoms with Gasteiger partial charge in [-0.05, 0) is 42.0 Å². The average Bonchev–Trinajstić information content (AvgIpc) is 3.24. The summed E-state index contributed by atoms with van der Waals surface area (Å²) >= 11 is 0. The highest BCUT2D eigenvalue weighted by Crippen LogP contribution is 2.36. The zero-order valence-electron chi connectivity index (χ0n) is 19.1. The highest BCUT2D eigenvalue weighted by molar-refractivity contribution is 5.99. The first-order valence-corrected chi connectivity index (χ1v) is 10.5. The van der Waals surface area contributed by atoms with Crippen molar-refractivity contribution in [2.24, 2.45) is 7.05 Å². The van der Waals surface area contributed by atoms with Gasteiger partial charge < -0.3 is 16.0 Å². The number of aromatic nitrogens is 4. The van der Waals surface area contributed by atoms with Crippen LogP contribution in [0.2, 0.25) is 0 Å². The number of benzene rings is 2. The number of carbonyl (C=O) groups excluding carboxylic acids is 1. The van der Waals surface area contributed by atoms with Crippen LogP contribution in [0.3, 0.4) is 0 Å². The second-order valence-electron chi connectivity index (χ2n) is 7.69. The highest BCUT2D eigenvalue weighted by atomic mass is 19.4. The predicted molar refractivity (Wildman–Crippen MR) is 127 cm³/mol. The van der Waals surface area contributed by atoms with Crippen molar-refractivity contribution in [1.82, 2.24) is 19.7 Å². The molecule has 1 amide bonds. The minimum absolute atomic E-state index is 0.0115. The first-order valence-electron chi connectivity index (χ1n) is 10.5. The number of anilines is 5. The van der Waals surface area contributed by atoms with Gasteiger partial charge in [-0.1, -0.05) is 12.6 Å². The number of hydrogen-bond acceptors (Lipinski definition) is 6. The van der Waals surface area contributed by atoms with Crippen molar-refractivity contribution in [3.63, 3.8) is 0 Å². The first-order chi connectivity index (χ1) is 17.5. The molecule has 2 aromatic carbocycles. The smallest absolute Gasteiger partial charge is 0.337 e. The van der Waals surface area contributed by atoms with Crippen molar-refractivity contribution in [1.29, 1.82) is 0 Å². The summed E-state index contributed by atoms with van der Waals surface area (Å²) in [4.78, 5) is 20.1. The molecule has 0 aliphatic carbocycles. The quantitative estimate of drug-likeness (QED) is 0.213. The lowest BCUT2D eigenvalue weighted by Gasteiger charge is -2.15. The van der Waals surface area contributed by atoms with Crippen LogP contribution in [0.1, 0.15) is 5.56 Å². The molecule has 0 aliphatic rings. The van der Waals surface area contributed by atoms with E-state index in [1.54, 1.807) is 13.2 Å². The van der Waals surface area contributed by atoms with Gasteiger partial charge in [0.15, 0.2) is 0 Å². The van der Waals surface area contributed by atoms with E-state index in [9.17, 15) is 26.7 Å². The van der Waals surface area contributed by atoms with Crippen molar-refractivity contribution in [2.75, 3.05) is 16.0 Å². The van der Waals surface area contributed by atoms with Gasteiger partial charge in [0.05, 0.1) is 23.1 Å². The van der Waals surface area contributed by atoms with Gasteiger partial charge >= 0.3 is 6.18 Å². The number of carbonyl (C=O) groups is 1. The molecule has 13 heteroatoms. The lowest BCUT2D eigenvalue weighted by Crippen LogP contribution is -2.09. The van der Waals surface area contributed by atoms with Crippen molar-refractivity contribution in [3.05, 3.63) is 84.8 Å². The van der Waals surface area contributed by atoms with E-state index in [1.807, 2.05) is 0 Å². The highest BCUT2D eigenvalue weighted by Gasteiger charge is 2.34. The van der Waals surface area contributed by atoms with Gasteiger partial charge in [0.1, 0.15) is 17.5 Å². The Balaban J connectivity index is 1.77. The van der Waals surface area contributed by atoms with Crippen LogP contribution in [0.4, 0.5) is 50.8 Å². The van der Waals surface area contributed by atoms with Crippen molar-refractivity contribution < 1.29 is 26.7 Å². The lowest BCUT2D eigenvalue weighted by atomic mass is 10.0. The largest absolute Gasteiger partial charge is 0.419 e. The molecule has 0 radical (unpaired) electrons. The van der Waals surface area contributed by atoms with E-state index < -0.39 is 29.3 Å². The number of nitrogens with one attached hydrogen (secondary N) is 3. The third-order valence-corrected chi connectivity index (χ3v) is 5.01. The molecule has 0 bridgehead atoms. The molecule has 2 heterocycles. The molecule has 4 rings (SSSR count). The first kappa shape index (κ1) is 25.3. The Morgan fingerprint density at radius 3 is 2.46 bits per heavy atom. The Kier molecular flexibility index (Phi) is 6.87. The van der Waals surface area contributed by atoms with E-state index in [0.717, 1.165) is 18.2 Å². The second-order valence-corrected chi connectivity index (χ2v) is 7.69. The fourth-order valence-corrected chi connectivity index (χ4v) is 3.30. The Hall–Kier alpha value is -4.81. The third kappa shape index (κ3) is 5.89. The van der Waals surface area contributed by atoms with Crippen LogP contribution in [0.15, 0.2) is 67.6 Å². The zero-order chi connectivity index (χ0) is 26.7. The number of hydrogen-bond donors (Lipinski definition) is 3. The maximum absolute atomic E-state index is 14.7. The molecule has 0 spiro atoms. The fourth-order valence-electron chi connectivity index (χ4n) is 3.30. The summed E-state index contributed by atoms with van der Waals surface area (Å²) in [7, 11) is 1.70. The summed E-state index contributed by atoms with van der Waals surface area (Å²) in [6, 6.07) is 6.05. The molecule has 0 saturated heterocycles. The van der Waals surface area contributed by atoms with Crippen molar-refractivity contribution in [3.8, 4) is 11.1 Å². The van der Waals surface area contributed by atoms with E-state index in [2.05, 4.69) is 37.6 Å². The van der Waals surface area contributed by atoms with Crippen LogP contribution < -0.4 is 16.0 Å².